The molecule has 2 aromatic rings. The summed E-state index contributed by atoms with van der Waals surface area (Å²) in [6.07, 6.45) is 0. The maximum absolute atomic E-state index is 10.5. The Labute approximate surface area is 110 Å². The molecular formula is C12H9N2O4P. The van der Waals surface area contributed by atoms with E-state index in [1.807, 2.05) is 0 Å². The second-order valence-electron chi connectivity index (χ2n) is 3.73. The van der Waals surface area contributed by atoms with Gasteiger partial charge in [-0.15, -0.1) is 0 Å². The normalized spacial score (nSPS) is 10.1. The first-order valence-electron chi connectivity index (χ1n) is 5.32. The van der Waals surface area contributed by atoms with Gasteiger partial charge in [-0.3, -0.25) is 20.2 Å². The maximum atomic E-state index is 10.5. The monoisotopic (exact) mass is 276 g/mol. The van der Waals surface area contributed by atoms with E-state index in [1.54, 1.807) is 24.3 Å². The molecule has 2 aromatic carbocycles. The third-order valence-corrected chi connectivity index (χ3v) is 3.69. The molecule has 0 saturated carbocycles. The molecular weight excluding hydrogens is 267 g/mol. The van der Waals surface area contributed by atoms with E-state index >= 15 is 0 Å². The molecule has 0 spiro atoms. The molecule has 0 amide bonds. The summed E-state index contributed by atoms with van der Waals surface area (Å²) < 4.78 is 0. The second kappa shape index (κ2) is 5.54. The van der Waals surface area contributed by atoms with Gasteiger partial charge in [-0.2, -0.15) is 0 Å². The molecule has 0 aromatic heterocycles. The summed E-state index contributed by atoms with van der Waals surface area (Å²) in [7, 11) is 0.311. The van der Waals surface area contributed by atoms with Gasteiger partial charge in [0.25, 0.3) is 11.4 Å². The van der Waals surface area contributed by atoms with E-state index in [-0.39, 0.29) is 11.4 Å². The lowest BCUT2D eigenvalue weighted by molar-refractivity contribution is -0.385. The first-order chi connectivity index (χ1) is 9.06. The summed E-state index contributed by atoms with van der Waals surface area (Å²) in [5, 5.41) is 22.9. The van der Waals surface area contributed by atoms with Crippen molar-refractivity contribution in [2.24, 2.45) is 0 Å². The van der Waals surface area contributed by atoms with Gasteiger partial charge in [0.1, 0.15) is 0 Å². The molecule has 0 N–H and O–H groups in total. The van der Waals surface area contributed by atoms with Gasteiger partial charge in [-0.05, 0) is 34.9 Å². The third kappa shape index (κ3) is 3.33. The SMILES string of the molecule is O=[N+]([O-])c1ccc(Pc2ccc([N+](=O)[O-])cc2)cc1. The molecule has 0 aliphatic carbocycles. The number of hydrogen-bond donors (Lipinski definition) is 0. The molecule has 0 unspecified atom stereocenters. The van der Waals surface area contributed by atoms with Crippen molar-refractivity contribution >= 4 is 30.6 Å². The molecule has 0 atom stereocenters. The highest BCUT2D eigenvalue weighted by Crippen LogP contribution is 2.16. The zero-order chi connectivity index (χ0) is 13.8. The Morgan fingerprint density at radius 2 is 1.00 bits per heavy atom. The average Bonchev–Trinajstić information content (AvgIpc) is 2.40. The molecule has 7 heteroatoms. The molecule has 19 heavy (non-hydrogen) atoms. The number of hydrogen-bond acceptors (Lipinski definition) is 4. The van der Waals surface area contributed by atoms with Gasteiger partial charge in [-0.25, -0.2) is 0 Å². The summed E-state index contributed by atoms with van der Waals surface area (Å²) in [5.74, 6) is 0. The van der Waals surface area contributed by atoms with E-state index in [0.29, 0.717) is 8.58 Å². The largest absolute Gasteiger partial charge is 0.269 e. The highest BCUT2D eigenvalue weighted by molar-refractivity contribution is 7.55. The van der Waals surface area contributed by atoms with Crippen LogP contribution in [0.1, 0.15) is 0 Å². The predicted molar refractivity (Wildman–Crippen MR) is 73.8 cm³/mol. The molecule has 0 fully saturated rings. The highest BCUT2D eigenvalue weighted by Gasteiger charge is 2.06. The Hall–Kier alpha value is -2.33. The Morgan fingerprint density at radius 3 is 1.26 bits per heavy atom. The fourth-order valence-corrected chi connectivity index (χ4v) is 2.50. The molecule has 0 bridgehead atoms. The van der Waals surface area contributed by atoms with Crippen molar-refractivity contribution < 1.29 is 9.85 Å². The number of rotatable bonds is 4. The smallest absolute Gasteiger partial charge is 0.258 e. The van der Waals surface area contributed by atoms with Gasteiger partial charge >= 0.3 is 0 Å². The average molecular weight is 276 g/mol. The standard InChI is InChI=1S/C12H9N2O4P/c15-13(16)9-1-5-11(6-2-9)19-12-7-3-10(4-8-12)14(17)18/h1-8,19H. The van der Waals surface area contributed by atoms with Crippen LogP contribution in [0.4, 0.5) is 11.4 Å². The summed E-state index contributed by atoms with van der Waals surface area (Å²) in [5.41, 5.74) is 0.106. The lowest BCUT2D eigenvalue weighted by Gasteiger charge is -2.01. The minimum atomic E-state index is -0.446. The van der Waals surface area contributed by atoms with E-state index in [2.05, 4.69) is 0 Å². The first-order valence-corrected chi connectivity index (χ1v) is 6.32. The Morgan fingerprint density at radius 1 is 0.684 bits per heavy atom. The Balaban J connectivity index is 2.12. The Bertz CT molecular complexity index is 555. The lowest BCUT2D eigenvalue weighted by Crippen LogP contribution is -2.03. The van der Waals surface area contributed by atoms with Crippen LogP contribution in [0.15, 0.2) is 48.5 Å². The van der Waals surface area contributed by atoms with E-state index in [1.165, 1.54) is 24.3 Å². The van der Waals surface area contributed by atoms with Crippen LogP contribution in [0, 0.1) is 20.2 Å². The minimum Gasteiger partial charge on any atom is -0.258 e. The number of nitrogens with zero attached hydrogens (tertiary/aromatic N) is 2. The van der Waals surface area contributed by atoms with Crippen molar-refractivity contribution in [3.8, 4) is 0 Å². The van der Waals surface area contributed by atoms with Crippen LogP contribution in [0.2, 0.25) is 0 Å². The summed E-state index contributed by atoms with van der Waals surface area (Å²) in [4.78, 5) is 20.1. The number of benzene rings is 2. The van der Waals surface area contributed by atoms with Gasteiger partial charge in [0.15, 0.2) is 0 Å². The molecule has 0 saturated heterocycles. The van der Waals surface area contributed by atoms with E-state index in [4.69, 9.17) is 0 Å². The highest BCUT2D eigenvalue weighted by atomic mass is 31.1. The zero-order valence-corrected chi connectivity index (χ0v) is 10.6. The lowest BCUT2D eigenvalue weighted by atomic mass is 10.3. The van der Waals surface area contributed by atoms with E-state index < -0.39 is 9.85 Å². The molecule has 0 aliphatic rings. The topological polar surface area (TPSA) is 86.3 Å². The third-order valence-electron chi connectivity index (χ3n) is 2.44. The van der Waals surface area contributed by atoms with E-state index in [0.717, 1.165) is 10.6 Å². The molecule has 6 nitrogen and oxygen atoms in total. The van der Waals surface area contributed by atoms with Crippen molar-refractivity contribution in [1.29, 1.82) is 0 Å². The Kier molecular flexibility index (Phi) is 3.82. The summed E-state index contributed by atoms with van der Waals surface area (Å²) in [6.45, 7) is 0. The van der Waals surface area contributed by atoms with Crippen LogP contribution in [0.25, 0.3) is 0 Å². The van der Waals surface area contributed by atoms with Gasteiger partial charge in [-0.1, -0.05) is 8.58 Å². The van der Waals surface area contributed by atoms with Crippen molar-refractivity contribution in [2.45, 2.75) is 0 Å². The van der Waals surface area contributed by atoms with Crippen molar-refractivity contribution in [3.05, 3.63) is 68.8 Å². The quantitative estimate of drug-likeness (QED) is 0.486. The molecule has 0 radical (unpaired) electrons. The summed E-state index contributed by atoms with van der Waals surface area (Å²) >= 11 is 0. The minimum absolute atomic E-state index is 0.0530. The van der Waals surface area contributed by atoms with Crippen molar-refractivity contribution in [3.63, 3.8) is 0 Å². The zero-order valence-electron chi connectivity index (χ0n) is 9.65. The van der Waals surface area contributed by atoms with Crippen molar-refractivity contribution in [1.82, 2.24) is 0 Å². The predicted octanol–water partition coefficient (Wildman–Crippen LogP) is 2.13. The number of nitro groups is 2. The molecule has 96 valence electrons. The number of nitro benzene ring substituents is 2. The molecule has 2 rings (SSSR count). The molecule has 0 aliphatic heterocycles. The van der Waals surface area contributed by atoms with Crippen LogP contribution < -0.4 is 10.6 Å². The second-order valence-corrected chi connectivity index (χ2v) is 5.14. The van der Waals surface area contributed by atoms with Gasteiger partial charge in [0.2, 0.25) is 0 Å². The molecule has 0 heterocycles. The van der Waals surface area contributed by atoms with Gasteiger partial charge in [0, 0.05) is 24.3 Å². The van der Waals surface area contributed by atoms with E-state index in [9.17, 15) is 20.2 Å². The fraction of sp³-hybridized carbons (Fsp3) is 0. The van der Waals surface area contributed by atoms with Crippen molar-refractivity contribution in [2.75, 3.05) is 0 Å². The van der Waals surface area contributed by atoms with Crippen LogP contribution >= 0.6 is 8.58 Å². The number of non-ortho nitro benzene ring substituents is 2. The maximum Gasteiger partial charge on any atom is 0.269 e. The van der Waals surface area contributed by atoms with Crippen LogP contribution in [0.3, 0.4) is 0 Å². The van der Waals surface area contributed by atoms with Crippen LogP contribution in [-0.2, 0) is 0 Å². The van der Waals surface area contributed by atoms with Crippen LogP contribution in [-0.4, -0.2) is 9.85 Å². The summed E-state index contributed by atoms with van der Waals surface area (Å²) in [6, 6.07) is 12.6. The van der Waals surface area contributed by atoms with Gasteiger partial charge in [0.05, 0.1) is 9.85 Å². The van der Waals surface area contributed by atoms with Crippen LogP contribution in [0.5, 0.6) is 0 Å². The fourth-order valence-electron chi connectivity index (χ4n) is 1.50. The van der Waals surface area contributed by atoms with Gasteiger partial charge < -0.3 is 0 Å². The first kappa shape index (κ1) is 13.1.